The fourth-order valence-electron chi connectivity index (χ4n) is 5.27. The lowest BCUT2D eigenvalue weighted by molar-refractivity contribution is -0.148. The number of ether oxygens (including phenoxy) is 1. The van der Waals surface area contributed by atoms with Crippen LogP contribution in [0.25, 0.3) is 0 Å². The van der Waals surface area contributed by atoms with E-state index < -0.39 is 5.60 Å². The van der Waals surface area contributed by atoms with E-state index in [1.165, 1.54) is 25.7 Å². The summed E-state index contributed by atoms with van der Waals surface area (Å²) in [6.45, 7) is 1.12. The smallest absolute Gasteiger partial charge is 0.332 e. The van der Waals surface area contributed by atoms with Crippen LogP contribution >= 0.6 is 0 Å². The van der Waals surface area contributed by atoms with Crippen molar-refractivity contribution in [2.45, 2.75) is 62.6 Å². The molecule has 3 nitrogen and oxygen atoms in total. The van der Waals surface area contributed by atoms with Gasteiger partial charge in [0, 0.05) is 35.6 Å². The van der Waals surface area contributed by atoms with Crippen molar-refractivity contribution >= 4 is 5.97 Å². The molecule has 5 aliphatic rings. The molecule has 3 heterocycles. The number of carbonyl (C=O) groups excluding carboxylic acids is 1. The predicted molar refractivity (Wildman–Crippen MR) is 92.0 cm³/mol. The molecule has 4 atom stereocenters. The minimum absolute atomic E-state index is 0.177. The van der Waals surface area contributed by atoms with E-state index >= 15 is 0 Å². The number of fused-ring (bicyclic) bond motifs is 3. The summed E-state index contributed by atoms with van der Waals surface area (Å²) in [5, 5.41) is 0. The molecule has 0 amide bonds. The highest BCUT2D eigenvalue weighted by Gasteiger charge is 2.61. The lowest BCUT2D eigenvalue weighted by Crippen LogP contribution is -2.48. The van der Waals surface area contributed by atoms with E-state index in [-0.39, 0.29) is 5.97 Å². The van der Waals surface area contributed by atoms with Crippen LogP contribution in [0.15, 0.2) is 35.5 Å². The average Bonchev–Trinajstić information content (AvgIpc) is 3.09. The van der Waals surface area contributed by atoms with Crippen molar-refractivity contribution in [1.82, 2.24) is 4.90 Å². The van der Waals surface area contributed by atoms with E-state index in [0.717, 1.165) is 37.0 Å². The summed E-state index contributed by atoms with van der Waals surface area (Å²) in [6.07, 6.45) is 16.6. The van der Waals surface area contributed by atoms with E-state index in [0.29, 0.717) is 18.0 Å². The van der Waals surface area contributed by atoms with Crippen LogP contribution in [0.1, 0.15) is 44.9 Å². The molecule has 0 N–H and O–H groups in total. The first-order valence-electron chi connectivity index (χ1n) is 9.37. The Kier molecular flexibility index (Phi) is 3.25. The van der Waals surface area contributed by atoms with Crippen LogP contribution in [0.3, 0.4) is 0 Å². The van der Waals surface area contributed by atoms with Crippen molar-refractivity contribution in [3.63, 3.8) is 0 Å². The standard InChI is InChI=1S/C21H23NO2/c23-20-13-18-16(10-9-15-6-2-1-3-7-15)12-17-14-21(18,24-20)19-8-4-5-11-22(17)19/h2,6,12-13,15,17,19H,1,3-5,7-8,11,14H2. The van der Waals surface area contributed by atoms with Crippen molar-refractivity contribution in [3.8, 4) is 11.8 Å². The van der Waals surface area contributed by atoms with Gasteiger partial charge in [0.2, 0.25) is 0 Å². The molecule has 3 aliphatic heterocycles. The Hall–Kier alpha value is -1.79. The highest BCUT2D eigenvalue weighted by molar-refractivity contribution is 5.90. The first kappa shape index (κ1) is 14.5. The molecule has 5 rings (SSSR count). The predicted octanol–water partition coefficient (Wildman–Crippen LogP) is 3.13. The Labute approximate surface area is 143 Å². The van der Waals surface area contributed by atoms with Gasteiger partial charge in [-0.15, -0.1) is 0 Å². The van der Waals surface area contributed by atoms with E-state index in [2.05, 4.69) is 35.0 Å². The molecule has 3 heteroatoms. The van der Waals surface area contributed by atoms with Gasteiger partial charge in [0.1, 0.15) is 0 Å². The third-order valence-electron chi connectivity index (χ3n) is 6.32. The SMILES string of the molecule is O=C1C=C2C(C#CC3C=CCCC3)=CC3CC2(O1)C1CCCCN31. The van der Waals surface area contributed by atoms with Gasteiger partial charge < -0.3 is 4.74 Å². The van der Waals surface area contributed by atoms with Crippen molar-refractivity contribution in [2.24, 2.45) is 5.92 Å². The highest BCUT2D eigenvalue weighted by Crippen LogP contribution is 2.53. The number of carbonyl (C=O) groups is 1. The molecular weight excluding hydrogens is 298 g/mol. The second kappa shape index (κ2) is 5.36. The van der Waals surface area contributed by atoms with Crippen LogP contribution in [0.4, 0.5) is 0 Å². The third kappa shape index (κ3) is 2.06. The van der Waals surface area contributed by atoms with E-state index in [4.69, 9.17) is 4.74 Å². The molecule has 2 bridgehead atoms. The number of hydrogen-bond donors (Lipinski definition) is 0. The minimum Gasteiger partial charge on any atom is -0.449 e. The molecular formula is C21H23NO2. The third-order valence-corrected chi connectivity index (χ3v) is 6.32. The van der Waals surface area contributed by atoms with Crippen molar-refractivity contribution in [1.29, 1.82) is 0 Å². The monoisotopic (exact) mass is 321 g/mol. The lowest BCUT2D eigenvalue weighted by Gasteiger charge is -2.38. The van der Waals surface area contributed by atoms with Crippen molar-refractivity contribution < 1.29 is 9.53 Å². The van der Waals surface area contributed by atoms with Gasteiger partial charge in [-0.2, -0.15) is 0 Å². The number of allylic oxidation sites excluding steroid dienone is 2. The Morgan fingerprint density at radius 2 is 2.21 bits per heavy atom. The second-order valence-electron chi connectivity index (χ2n) is 7.70. The number of hydrogen-bond acceptors (Lipinski definition) is 3. The largest absolute Gasteiger partial charge is 0.449 e. The zero-order valence-electron chi connectivity index (χ0n) is 14.0. The van der Waals surface area contributed by atoms with E-state index in [9.17, 15) is 4.79 Å². The van der Waals surface area contributed by atoms with Crippen LogP contribution in [0.2, 0.25) is 0 Å². The fraction of sp³-hybridized carbons (Fsp3) is 0.571. The summed E-state index contributed by atoms with van der Waals surface area (Å²) in [4.78, 5) is 14.7. The van der Waals surface area contributed by atoms with Gasteiger partial charge in [-0.3, -0.25) is 4.90 Å². The zero-order valence-corrected chi connectivity index (χ0v) is 14.0. The van der Waals surface area contributed by atoms with Crippen LogP contribution in [-0.4, -0.2) is 35.1 Å². The second-order valence-corrected chi connectivity index (χ2v) is 7.70. The molecule has 4 unspecified atom stereocenters. The maximum atomic E-state index is 12.1. The van der Waals surface area contributed by atoms with Gasteiger partial charge in [0.05, 0.1) is 6.04 Å². The van der Waals surface area contributed by atoms with Gasteiger partial charge in [0.25, 0.3) is 0 Å². The molecule has 2 aliphatic carbocycles. The average molecular weight is 321 g/mol. The van der Waals surface area contributed by atoms with Gasteiger partial charge >= 0.3 is 5.97 Å². The van der Waals surface area contributed by atoms with Gasteiger partial charge in [-0.05, 0) is 38.6 Å². The summed E-state index contributed by atoms with van der Waals surface area (Å²) < 4.78 is 5.94. The molecule has 1 spiro atoms. The Bertz CT molecular complexity index is 735. The number of esters is 1. The molecule has 0 aromatic carbocycles. The number of piperidine rings is 1. The van der Waals surface area contributed by atoms with E-state index in [1.807, 2.05) is 0 Å². The Balaban J connectivity index is 1.53. The molecule has 2 fully saturated rings. The summed E-state index contributed by atoms with van der Waals surface area (Å²) in [5.74, 6) is 7.04. The fourth-order valence-corrected chi connectivity index (χ4v) is 5.27. The molecule has 0 aromatic rings. The molecule has 124 valence electrons. The van der Waals surface area contributed by atoms with Crippen LogP contribution in [0.5, 0.6) is 0 Å². The normalized spacial score (nSPS) is 40.0. The van der Waals surface area contributed by atoms with Gasteiger partial charge in [0.15, 0.2) is 5.60 Å². The molecule has 24 heavy (non-hydrogen) atoms. The Morgan fingerprint density at radius 3 is 3.08 bits per heavy atom. The summed E-state index contributed by atoms with van der Waals surface area (Å²) in [5.41, 5.74) is 1.69. The Morgan fingerprint density at radius 1 is 1.25 bits per heavy atom. The summed E-state index contributed by atoms with van der Waals surface area (Å²) >= 11 is 0. The van der Waals surface area contributed by atoms with Gasteiger partial charge in [-0.25, -0.2) is 4.79 Å². The van der Waals surface area contributed by atoms with Crippen molar-refractivity contribution in [3.05, 3.63) is 35.5 Å². The lowest BCUT2D eigenvalue weighted by atomic mass is 9.76. The highest BCUT2D eigenvalue weighted by atomic mass is 16.6. The van der Waals surface area contributed by atoms with E-state index in [1.54, 1.807) is 6.08 Å². The zero-order chi connectivity index (χ0) is 16.1. The first-order chi connectivity index (χ1) is 11.8. The summed E-state index contributed by atoms with van der Waals surface area (Å²) in [7, 11) is 0. The van der Waals surface area contributed by atoms with Crippen LogP contribution < -0.4 is 0 Å². The van der Waals surface area contributed by atoms with Crippen molar-refractivity contribution in [2.75, 3.05) is 6.54 Å². The number of rotatable bonds is 0. The topological polar surface area (TPSA) is 29.5 Å². The van der Waals surface area contributed by atoms with Crippen LogP contribution in [0, 0.1) is 17.8 Å². The first-order valence-corrected chi connectivity index (χ1v) is 9.37. The maximum Gasteiger partial charge on any atom is 0.332 e. The summed E-state index contributed by atoms with van der Waals surface area (Å²) in [6, 6.07) is 0.726. The molecule has 0 radical (unpaired) electrons. The minimum atomic E-state index is -0.413. The van der Waals surface area contributed by atoms with Gasteiger partial charge in [-0.1, -0.05) is 36.5 Å². The maximum absolute atomic E-state index is 12.1. The van der Waals surface area contributed by atoms with Crippen LogP contribution in [-0.2, 0) is 9.53 Å². The molecule has 2 saturated heterocycles. The molecule has 0 saturated carbocycles. The quantitative estimate of drug-likeness (QED) is 0.390. The molecule has 0 aromatic heterocycles. The number of nitrogens with zero attached hydrogens (tertiary/aromatic N) is 1.